The largest absolute Gasteiger partial charge is 0.0804 e. The minimum Gasteiger partial charge on any atom is -0.0804 e. The van der Waals surface area contributed by atoms with E-state index in [9.17, 15) is 0 Å². The molecule has 0 amide bonds. The van der Waals surface area contributed by atoms with E-state index in [1.54, 1.807) is 0 Å². The Morgan fingerprint density at radius 1 is 0.688 bits per heavy atom. The molecule has 3 aliphatic rings. The second kappa shape index (κ2) is 3.62. The summed E-state index contributed by atoms with van der Waals surface area (Å²) in [7, 11) is 0. The van der Waals surface area contributed by atoms with Crippen LogP contribution >= 0.6 is 0 Å². The van der Waals surface area contributed by atoms with Crippen LogP contribution in [0.25, 0.3) is 0 Å². The molecule has 0 saturated heterocycles. The summed E-state index contributed by atoms with van der Waals surface area (Å²) < 4.78 is 0. The molecular formula is C16H18. The van der Waals surface area contributed by atoms with Crippen molar-refractivity contribution < 1.29 is 0 Å². The molecule has 0 aromatic heterocycles. The molecule has 4 atom stereocenters. The SMILES string of the molecule is CC1=CC2C=CC3C=C(C)C=CC3C2C=C1. The van der Waals surface area contributed by atoms with Crippen molar-refractivity contribution in [3.05, 3.63) is 59.8 Å². The van der Waals surface area contributed by atoms with Gasteiger partial charge >= 0.3 is 0 Å². The van der Waals surface area contributed by atoms with Crippen molar-refractivity contribution in [2.24, 2.45) is 23.7 Å². The smallest absolute Gasteiger partial charge is 0.00214 e. The number of fused-ring (bicyclic) bond motifs is 3. The lowest BCUT2D eigenvalue weighted by atomic mass is 9.66. The van der Waals surface area contributed by atoms with Gasteiger partial charge in [-0.2, -0.15) is 0 Å². The monoisotopic (exact) mass is 210 g/mol. The lowest BCUT2D eigenvalue weighted by Crippen LogP contribution is -2.29. The molecule has 0 aromatic rings. The van der Waals surface area contributed by atoms with E-state index in [4.69, 9.17) is 0 Å². The van der Waals surface area contributed by atoms with Crippen molar-refractivity contribution in [3.8, 4) is 0 Å². The normalized spacial score (nSPS) is 39.9. The van der Waals surface area contributed by atoms with Gasteiger partial charge in [-0.3, -0.25) is 0 Å². The number of hydrogen-bond donors (Lipinski definition) is 0. The van der Waals surface area contributed by atoms with E-state index in [2.05, 4.69) is 62.5 Å². The third kappa shape index (κ3) is 1.53. The Balaban J connectivity index is 1.97. The van der Waals surface area contributed by atoms with Crippen LogP contribution in [0.5, 0.6) is 0 Å². The first-order valence-corrected chi connectivity index (χ1v) is 6.15. The predicted octanol–water partition coefficient (Wildman–Crippen LogP) is 4.05. The molecule has 3 rings (SSSR count). The number of allylic oxidation sites excluding steroid dienone is 10. The van der Waals surface area contributed by atoms with Gasteiger partial charge in [0, 0.05) is 11.8 Å². The maximum absolute atomic E-state index is 2.40. The van der Waals surface area contributed by atoms with Gasteiger partial charge in [-0.05, 0) is 25.7 Å². The van der Waals surface area contributed by atoms with Gasteiger partial charge in [0.1, 0.15) is 0 Å². The van der Waals surface area contributed by atoms with E-state index < -0.39 is 0 Å². The first kappa shape index (κ1) is 9.89. The summed E-state index contributed by atoms with van der Waals surface area (Å²) in [5, 5.41) is 0. The van der Waals surface area contributed by atoms with E-state index >= 15 is 0 Å². The maximum atomic E-state index is 2.40. The molecular weight excluding hydrogens is 192 g/mol. The van der Waals surface area contributed by atoms with Crippen LogP contribution in [0.1, 0.15) is 13.8 Å². The molecule has 82 valence electrons. The standard InChI is InChI=1S/C16H18/c1-11-3-7-15-13(9-11)5-6-14-10-12(2)4-8-16(14)15/h3-10,13-16H,1-2H3. The molecule has 0 nitrogen and oxygen atoms in total. The summed E-state index contributed by atoms with van der Waals surface area (Å²) >= 11 is 0. The quantitative estimate of drug-likeness (QED) is 0.529. The summed E-state index contributed by atoms with van der Waals surface area (Å²) in [4.78, 5) is 0. The highest BCUT2D eigenvalue weighted by Crippen LogP contribution is 2.42. The Morgan fingerprint density at radius 2 is 1.12 bits per heavy atom. The van der Waals surface area contributed by atoms with Crippen LogP contribution in [0.3, 0.4) is 0 Å². The molecule has 0 bridgehead atoms. The minimum atomic E-state index is 0.614. The van der Waals surface area contributed by atoms with E-state index in [-0.39, 0.29) is 0 Å². The fraction of sp³-hybridized carbons (Fsp3) is 0.375. The number of rotatable bonds is 0. The van der Waals surface area contributed by atoms with Gasteiger partial charge in [-0.25, -0.2) is 0 Å². The second-order valence-electron chi connectivity index (χ2n) is 5.23. The van der Waals surface area contributed by atoms with Gasteiger partial charge in [-0.15, -0.1) is 0 Å². The molecule has 0 saturated carbocycles. The summed E-state index contributed by atoms with van der Waals surface area (Å²) in [5.74, 6) is 2.56. The van der Waals surface area contributed by atoms with Crippen LogP contribution in [0.2, 0.25) is 0 Å². The Hall–Kier alpha value is -1.30. The van der Waals surface area contributed by atoms with Crippen LogP contribution in [0.15, 0.2) is 59.8 Å². The topological polar surface area (TPSA) is 0 Å². The summed E-state index contributed by atoms with van der Waals surface area (Å²) in [6, 6.07) is 0. The Labute approximate surface area is 97.7 Å². The van der Waals surface area contributed by atoms with Crippen LogP contribution in [0, 0.1) is 23.7 Å². The van der Waals surface area contributed by atoms with Gasteiger partial charge in [0.25, 0.3) is 0 Å². The van der Waals surface area contributed by atoms with Crippen molar-refractivity contribution in [1.82, 2.24) is 0 Å². The fourth-order valence-corrected chi connectivity index (χ4v) is 3.12. The van der Waals surface area contributed by atoms with E-state index in [0.29, 0.717) is 23.7 Å². The van der Waals surface area contributed by atoms with Crippen molar-refractivity contribution in [2.45, 2.75) is 13.8 Å². The maximum Gasteiger partial charge on any atom is 0.00214 e. The molecule has 0 N–H and O–H groups in total. The summed E-state index contributed by atoms with van der Waals surface area (Å²) in [6.45, 7) is 4.38. The predicted molar refractivity (Wildman–Crippen MR) is 68.9 cm³/mol. The Bertz CT molecular complexity index is 401. The van der Waals surface area contributed by atoms with Crippen LogP contribution in [-0.4, -0.2) is 0 Å². The molecule has 0 aromatic carbocycles. The number of hydrogen-bond acceptors (Lipinski definition) is 0. The molecule has 0 aliphatic heterocycles. The first-order valence-electron chi connectivity index (χ1n) is 6.15. The van der Waals surface area contributed by atoms with Crippen molar-refractivity contribution >= 4 is 0 Å². The van der Waals surface area contributed by atoms with Crippen molar-refractivity contribution in [1.29, 1.82) is 0 Å². The zero-order valence-electron chi connectivity index (χ0n) is 9.93. The Morgan fingerprint density at radius 3 is 1.56 bits per heavy atom. The van der Waals surface area contributed by atoms with Crippen molar-refractivity contribution in [3.63, 3.8) is 0 Å². The van der Waals surface area contributed by atoms with Gasteiger partial charge in [0.15, 0.2) is 0 Å². The minimum absolute atomic E-state index is 0.614. The summed E-state index contributed by atoms with van der Waals surface area (Å²) in [6.07, 6.45) is 18.9. The molecule has 0 heterocycles. The third-order valence-electron chi connectivity index (χ3n) is 3.96. The van der Waals surface area contributed by atoms with Gasteiger partial charge in [0.05, 0.1) is 0 Å². The molecule has 4 unspecified atom stereocenters. The highest BCUT2D eigenvalue weighted by Gasteiger charge is 2.33. The Kier molecular flexibility index (Phi) is 2.24. The highest BCUT2D eigenvalue weighted by atomic mass is 14.4. The van der Waals surface area contributed by atoms with E-state index in [1.807, 2.05) is 0 Å². The second-order valence-corrected chi connectivity index (χ2v) is 5.23. The summed E-state index contributed by atoms with van der Waals surface area (Å²) in [5.41, 5.74) is 2.80. The third-order valence-corrected chi connectivity index (χ3v) is 3.96. The average Bonchev–Trinajstić information content (AvgIpc) is 2.28. The lowest BCUT2D eigenvalue weighted by molar-refractivity contribution is 0.345. The molecule has 16 heavy (non-hydrogen) atoms. The van der Waals surface area contributed by atoms with E-state index in [1.165, 1.54) is 11.1 Å². The van der Waals surface area contributed by atoms with Crippen molar-refractivity contribution in [2.75, 3.05) is 0 Å². The van der Waals surface area contributed by atoms with Gasteiger partial charge in [0.2, 0.25) is 0 Å². The van der Waals surface area contributed by atoms with Gasteiger partial charge in [-0.1, -0.05) is 59.8 Å². The fourth-order valence-electron chi connectivity index (χ4n) is 3.12. The van der Waals surface area contributed by atoms with Crippen LogP contribution < -0.4 is 0 Å². The first-order chi connectivity index (χ1) is 7.74. The molecule has 0 fully saturated rings. The van der Waals surface area contributed by atoms with Crippen LogP contribution in [-0.2, 0) is 0 Å². The molecule has 0 heteroatoms. The lowest BCUT2D eigenvalue weighted by Gasteiger charge is -2.37. The zero-order chi connectivity index (χ0) is 11.1. The zero-order valence-corrected chi connectivity index (χ0v) is 9.93. The average molecular weight is 210 g/mol. The molecule has 0 spiro atoms. The van der Waals surface area contributed by atoms with Crippen LogP contribution in [0.4, 0.5) is 0 Å². The highest BCUT2D eigenvalue weighted by molar-refractivity contribution is 5.35. The van der Waals surface area contributed by atoms with Gasteiger partial charge < -0.3 is 0 Å². The molecule has 0 radical (unpaired) electrons. The van der Waals surface area contributed by atoms with E-state index in [0.717, 1.165) is 0 Å². The molecule has 3 aliphatic carbocycles.